The van der Waals surface area contributed by atoms with E-state index in [9.17, 15) is 0 Å². The first kappa shape index (κ1) is 14.9. The summed E-state index contributed by atoms with van der Waals surface area (Å²) in [5.74, 6) is 1.96. The molecule has 0 spiro atoms. The van der Waals surface area contributed by atoms with Crippen LogP contribution in [0.2, 0.25) is 0 Å². The van der Waals surface area contributed by atoms with E-state index in [1.54, 1.807) is 0 Å². The third-order valence-electron chi connectivity index (χ3n) is 3.71. The van der Waals surface area contributed by atoms with E-state index in [0.717, 1.165) is 17.9 Å². The van der Waals surface area contributed by atoms with E-state index in [0.29, 0.717) is 6.04 Å². The third-order valence-corrected chi connectivity index (χ3v) is 3.71. The molecule has 2 nitrogen and oxygen atoms in total. The molecule has 2 heteroatoms. The maximum Gasteiger partial charge on any atom is 0.120 e. The highest BCUT2D eigenvalue weighted by atomic mass is 16.3. The Bertz CT molecular complexity index is 527. The Kier molecular flexibility index (Phi) is 5.02. The zero-order valence-electron chi connectivity index (χ0n) is 12.9. The van der Waals surface area contributed by atoms with E-state index in [-0.39, 0.29) is 6.04 Å². The Morgan fingerprint density at radius 1 is 1.00 bits per heavy atom. The van der Waals surface area contributed by atoms with Gasteiger partial charge < -0.3 is 9.73 Å². The van der Waals surface area contributed by atoms with Gasteiger partial charge in [0.1, 0.15) is 11.5 Å². The van der Waals surface area contributed by atoms with E-state index < -0.39 is 0 Å². The van der Waals surface area contributed by atoms with Gasteiger partial charge >= 0.3 is 0 Å². The van der Waals surface area contributed by atoms with E-state index >= 15 is 0 Å². The van der Waals surface area contributed by atoms with Crippen molar-refractivity contribution in [2.24, 2.45) is 0 Å². The lowest BCUT2D eigenvalue weighted by atomic mass is 10.0. The summed E-state index contributed by atoms with van der Waals surface area (Å²) in [4.78, 5) is 0. The lowest BCUT2D eigenvalue weighted by Gasteiger charge is -2.19. The van der Waals surface area contributed by atoms with Gasteiger partial charge in [-0.3, -0.25) is 0 Å². The van der Waals surface area contributed by atoms with Gasteiger partial charge in [-0.15, -0.1) is 0 Å². The largest absolute Gasteiger partial charge is 0.465 e. The van der Waals surface area contributed by atoms with Crippen LogP contribution in [0.25, 0.3) is 0 Å². The number of rotatable bonds is 6. The quantitative estimate of drug-likeness (QED) is 0.804. The lowest BCUT2D eigenvalue weighted by molar-refractivity contribution is 0.392. The van der Waals surface area contributed by atoms with Gasteiger partial charge in [0.2, 0.25) is 0 Å². The molecule has 0 saturated heterocycles. The molecule has 1 heterocycles. The van der Waals surface area contributed by atoms with Crippen molar-refractivity contribution < 1.29 is 4.42 Å². The van der Waals surface area contributed by atoms with Crippen molar-refractivity contribution in [2.45, 2.75) is 52.6 Å². The Hall–Kier alpha value is -1.54. The number of nitrogens with one attached hydrogen (secondary N) is 1. The summed E-state index contributed by atoms with van der Waals surface area (Å²) in [5.41, 5.74) is 2.73. The summed E-state index contributed by atoms with van der Waals surface area (Å²) in [7, 11) is 0. The molecule has 0 saturated carbocycles. The first-order valence-corrected chi connectivity index (χ1v) is 7.51. The standard InChI is InChI=1S/C18H25NO/c1-5-6-16-8-10-17(11-9-16)14(3)19-15(4)18-12-7-13(2)20-18/h7-12,14-15,19H,5-6H2,1-4H3. The van der Waals surface area contributed by atoms with Crippen molar-refractivity contribution in [3.8, 4) is 0 Å². The highest BCUT2D eigenvalue weighted by Crippen LogP contribution is 2.21. The summed E-state index contributed by atoms with van der Waals surface area (Å²) >= 11 is 0. The number of benzene rings is 1. The van der Waals surface area contributed by atoms with Crippen LogP contribution < -0.4 is 5.32 Å². The molecule has 2 aromatic rings. The van der Waals surface area contributed by atoms with Crippen LogP contribution in [0, 0.1) is 6.92 Å². The molecule has 0 fully saturated rings. The smallest absolute Gasteiger partial charge is 0.120 e. The predicted molar refractivity (Wildman–Crippen MR) is 83.8 cm³/mol. The number of furan rings is 1. The monoisotopic (exact) mass is 271 g/mol. The average molecular weight is 271 g/mol. The number of aryl methyl sites for hydroxylation is 2. The molecule has 0 aliphatic heterocycles. The van der Waals surface area contributed by atoms with Gasteiger partial charge in [-0.05, 0) is 50.5 Å². The maximum absolute atomic E-state index is 5.67. The van der Waals surface area contributed by atoms with Gasteiger partial charge in [-0.2, -0.15) is 0 Å². The molecule has 1 aromatic heterocycles. The SMILES string of the molecule is CCCc1ccc(C(C)NC(C)c2ccc(C)o2)cc1. The Morgan fingerprint density at radius 2 is 1.70 bits per heavy atom. The van der Waals surface area contributed by atoms with Crippen LogP contribution in [0.3, 0.4) is 0 Å². The fraction of sp³-hybridized carbons (Fsp3) is 0.444. The Morgan fingerprint density at radius 3 is 2.25 bits per heavy atom. The highest BCUT2D eigenvalue weighted by molar-refractivity contribution is 5.25. The van der Waals surface area contributed by atoms with Gasteiger partial charge in [-0.1, -0.05) is 37.6 Å². The molecule has 2 unspecified atom stereocenters. The first-order valence-electron chi connectivity index (χ1n) is 7.51. The minimum Gasteiger partial charge on any atom is -0.465 e. The van der Waals surface area contributed by atoms with E-state index in [1.807, 2.05) is 19.1 Å². The van der Waals surface area contributed by atoms with Crippen LogP contribution in [0.4, 0.5) is 0 Å². The lowest BCUT2D eigenvalue weighted by Crippen LogP contribution is -2.22. The van der Waals surface area contributed by atoms with Gasteiger partial charge in [0.05, 0.1) is 6.04 Å². The molecule has 0 amide bonds. The number of hydrogen-bond donors (Lipinski definition) is 1. The van der Waals surface area contributed by atoms with Crippen molar-refractivity contribution in [2.75, 3.05) is 0 Å². The second-order valence-electron chi connectivity index (χ2n) is 5.55. The van der Waals surface area contributed by atoms with E-state index in [2.05, 4.69) is 50.4 Å². The fourth-order valence-corrected chi connectivity index (χ4v) is 2.50. The van der Waals surface area contributed by atoms with Crippen molar-refractivity contribution in [1.29, 1.82) is 0 Å². The fourth-order valence-electron chi connectivity index (χ4n) is 2.50. The Balaban J connectivity index is 1.98. The Labute approximate surface area is 122 Å². The molecule has 0 bridgehead atoms. The minimum atomic E-state index is 0.217. The second kappa shape index (κ2) is 6.76. The molecule has 1 N–H and O–H groups in total. The number of hydrogen-bond acceptors (Lipinski definition) is 2. The zero-order valence-corrected chi connectivity index (χ0v) is 12.9. The molecular weight excluding hydrogens is 246 g/mol. The van der Waals surface area contributed by atoms with Crippen LogP contribution in [-0.2, 0) is 6.42 Å². The molecule has 2 atom stereocenters. The summed E-state index contributed by atoms with van der Waals surface area (Å²) in [5, 5.41) is 3.58. The van der Waals surface area contributed by atoms with Gasteiger partial charge in [0, 0.05) is 6.04 Å². The van der Waals surface area contributed by atoms with Crippen LogP contribution in [-0.4, -0.2) is 0 Å². The molecule has 108 valence electrons. The van der Waals surface area contributed by atoms with Crippen LogP contribution in [0.1, 0.15) is 61.9 Å². The van der Waals surface area contributed by atoms with Crippen LogP contribution in [0.5, 0.6) is 0 Å². The minimum absolute atomic E-state index is 0.217. The average Bonchev–Trinajstić information content (AvgIpc) is 2.86. The van der Waals surface area contributed by atoms with Gasteiger partial charge in [0.15, 0.2) is 0 Å². The molecule has 1 aromatic carbocycles. The molecule has 2 rings (SSSR count). The van der Waals surface area contributed by atoms with E-state index in [1.165, 1.54) is 17.5 Å². The van der Waals surface area contributed by atoms with Crippen molar-refractivity contribution in [3.63, 3.8) is 0 Å². The third kappa shape index (κ3) is 3.73. The summed E-state index contributed by atoms with van der Waals surface area (Å²) in [6.45, 7) is 8.53. The van der Waals surface area contributed by atoms with Gasteiger partial charge in [0.25, 0.3) is 0 Å². The summed E-state index contributed by atoms with van der Waals surface area (Å²) < 4.78 is 5.67. The van der Waals surface area contributed by atoms with Gasteiger partial charge in [-0.25, -0.2) is 0 Å². The zero-order chi connectivity index (χ0) is 14.5. The van der Waals surface area contributed by atoms with E-state index in [4.69, 9.17) is 4.42 Å². The van der Waals surface area contributed by atoms with Crippen LogP contribution >= 0.6 is 0 Å². The molecule has 0 aliphatic rings. The van der Waals surface area contributed by atoms with Crippen molar-refractivity contribution >= 4 is 0 Å². The van der Waals surface area contributed by atoms with Crippen LogP contribution in [0.15, 0.2) is 40.8 Å². The summed E-state index contributed by atoms with van der Waals surface area (Å²) in [6, 6.07) is 13.5. The van der Waals surface area contributed by atoms with Crippen molar-refractivity contribution in [3.05, 3.63) is 59.0 Å². The molecule has 0 aliphatic carbocycles. The highest BCUT2D eigenvalue weighted by Gasteiger charge is 2.13. The summed E-state index contributed by atoms with van der Waals surface area (Å²) in [6.07, 6.45) is 2.35. The molecule has 20 heavy (non-hydrogen) atoms. The first-order chi connectivity index (χ1) is 9.60. The molecular formula is C18H25NO. The second-order valence-corrected chi connectivity index (χ2v) is 5.55. The predicted octanol–water partition coefficient (Wildman–Crippen LogP) is 4.95. The normalized spacial score (nSPS) is 14.2. The maximum atomic E-state index is 5.67. The molecule has 0 radical (unpaired) electrons. The van der Waals surface area contributed by atoms with Crippen molar-refractivity contribution in [1.82, 2.24) is 5.32 Å². The topological polar surface area (TPSA) is 25.2 Å².